The highest BCUT2D eigenvalue weighted by atomic mass is 127. The zero-order valence-electron chi connectivity index (χ0n) is 16.3. The topological polar surface area (TPSA) is 64.6 Å². The van der Waals surface area contributed by atoms with E-state index in [1.165, 1.54) is 0 Å². The molecule has 1 aromatic rings. The van der Waals surface area contributed by atoms with E-state index in [4.69, 9.17) is 18.9 Å². The van der Waals surface area contributed by atoms with Crippen LogP contribution in [0, 0.1) is 0 Å². The zero-order chi connectivity index (χ0) is 18.4. The van der Waals surface area contributed by atoms with Gasteiger partial charge < -0.3 is 29.2 Å². The first-order valence-electron chi connectivity index (χ1n) is 9.15. The number of ether oxygens (including phenoxy) is 4. The van der Waals surface area contributed by atoms with Gasteiger partial charge in [0.25, 0.3) is 0 Å². The molecule has 0 amide bonds. The van der Waals surface area contributed by atoms with Gasteiger partial charge in [0.15, 0.2) is 17.5 Å². The van der Waals surface area contributed by atoms with Crippen molar-refractivity contribution in [2.75, 3.05) is 47.6 Å². The van der Waals surface area contributed by atoms with E-state index in [0.29, 0.717) is 13.2 Å². The molecule has 2 aliphatic rings. The smallest absolute Gasteiger partial charge is 0.194 e. The fourth-order valence-electron chi connectivity index (χ4n) is 3.59. The second-order valence-electron chi connectivity index (χ2n) is 6.46. The van der Waals surface area contributed by atoms with Crippen molar-refractivity contribution in [1.29, 1.82) is 0 Å². The Morgan fingerprint density at radius 2 is 2.04 bits per heavy atom. The Kier molecular flexibility index (Phi) is 8.91. The molecule has 152 valence electrons. The van der Waals surface area contributed by atoms with Crippen LogP contribution in [0.3, 0.4) is 0 Å². The van der Waals surface area contributed by atoms with Gasteiger partial charge in [0.05, 0.1) is 26.9 Å². The van der Waals surface area contributed by atoms with Crippen molar-refractivity contribution in [2.45, 2.75) is 31.6 Å². The molecule has 1 aromatic carbocycles. The molecule has 0 spiro atoms. The van der Waals surface area contributed by atoms with E-state index < -0.39 is 0 Å². The molecule has 7 nitrogen and oxygen atoms in total. The number of guanidine groups is 1. The molecule has 1 N–H and O–H groups in total. The van der Waals surface area contributed by atoms with Crippen molar-refractivity contribution in [2.24, 2.45) is 4.99 Å². The van der Waals surface area contributed by atoms with E-state index in [0.717, 1.165) is 55.6 Å². The third-order valence-electron chi connectivity index (χ3n) is 4.91. The van der Waals surface area contributed by atoms with Gasteiger partial charge in [0.1, 0.15) is 6.10 Å². The third-order valence-corrected chi connectivity index (χ3v) is 4.91. The Hall–Kier alpha value is -1.26. The summed E-state index contributed by atoms with van der Waals surface area (Å²) in [5.74, 6) is 2.34. The molecule has 27 heavy (non-hydrogen) atoms. The highest BCUT2D eigenvalue weighted by molar-refractivity contribution is 14.0. The Labute approximate surface area is 178 Å². The summed E-state index contributed by atoms with van der Waals surface area (Å²) in [4.78, 5) is 6.69. The Bertz CT molecular complexity index is 623. The highest BCUT2D eigenvalue weighted by Gasteiger charge is 2.32. The number of benzene rings is 1. The number of aliphatic imine (C=N–C) groups is 1. The average molecular weight is 491 g/mol. The number of hydrogen-bond acceptors (Lipinski definition) is 5. The highest BCUT2D eigenvalue weighted by Crippen LogP contribution is 2.30. The van der Waals surface area contributed by atoms with Crippen molar-refractivity contribution in [3.05, 3.63) is 23.8 Å². The summed E-state index contributed by atoms with van der Waals surface area (Å²) in [7, 11) is 5.11. The van der Waals surface area contributed by atoms with Crippen LogP contribution >= 0.6 is 24.0 Å². The molecule has 2 heterocycles. The summed E-state index contributed by atoms with van der Waals surface area (Å²) >= 11 is 0. The van der Waals surface area contributed by atoms with Gasteiger partial charge >= 0.3 is 0 Å². The molecule has 2 fully saturated rings. The normalized spacial score (nSPS) is 22.9. The van der Waals surface area contributed by atoms with Gasteiger partial charge in [-0.3, -0.25) is 4.99 Å². The lowest BCUT2D eigenvalue weighted by molar-refractivity contribution is -0.0817. The molecule has 3 rings (SSSR count). The predicted molar refractivity (Wildman–Crippen MR) is 115 cm³/mol. The molecule has 0 aliphatic carbocycles. The maximum atomic E-state index is 5.93. The van der Waals surface area contributed by atoms with Crippen LogP contribution in [0.15, 0.2) is 23.2 Å². The fraction of sp³-hybridized carbons (Fsp3) is 0.632. The van der Waals surface area contributed by atoms with E-state index in [9.17, 15) is 0 Å². The van der Waals surface area contributed by atoms with Crippen molar-refractivity contribution in [3.63, 3.8) is 0 Å². The minimum atomic E-state index is 0. The molecular weight excluding hydrogens is 461 g/mol. The minimum absolute atomic E-state index is 0. The van der Waals surface area contributed by atoms with Gasteiger partial charge in [-0.2, -0.15) is 0 Å². The molecule has 2 aliphatic heterocycles. The molecule has 2 unspecified atom stereocenters. The monoisotopic (exact) mass is 491 g/mol. The zero-order valence-corrected chi connectivity index (χ0v) is 18.6. The number of methoxy groups -OCH3 is 2. The second-order valence-corrected chi connectivity index (χ2v) is 6.46. The number of rotatable bonds is 5. The minimum Gasteiger partial charge on any atom is -0.493 e. The van der Waals surface area contributed by atoms with Gasteiger partial charge in [-0.1, -0.05) is 12.1 Å². The van der Waals surface area contributed by atoms with Gasteiger partial charge in [-0.15, -0.1) is 24.0 Å². The molecule has 0 radical (unpaired) electrons. The summed E-state index contributed by atoms with van der Waals surface area (Å²) in [6.07, 6.45) is 2.50. The predicted octanol–water partition coefficient (Wildman–Crippen LogP) is 2.28. The first-order valence-corrected chi connectivity index (χ1v) is 9.15. The Morgan fingerprint density at radius 1 is 1.22 bits per heavy atom. The number of nitrogens with one attached hydrogen (secondary N) is 1. The Morgan fingerprint density at radius 3 is 2.70 bits per heavy atom. The number of morpholine rings is 1. The average Bonchev–Trinajstić information content (AvgIpc) is 3.23. The van der Waals surface area contributed by atoms with Gasteiger partial charge in [-0.05, 0) is 18.9 Å². The number of para-hydroxylation sites is 1. The molecule has 0 bridgehead atoms. The molecule has 8 heteroatoms. The first-order chi connectivity index (χ1) is 12.8. The maximum Gasteiger partial charge on any atom is 0.194 e. The largest absolute Gasteiger partial charge is 0.493 e. The number of hydrogen-bond donors (Lipinski definition) is 1. The quantitative estimate of drug-likeness (QED) is 0.388. The molecule has 0 saturated carbocycles. The fourth-order valence-corrected chi connectivity index (χ4v) is 3.59. The van der Waals surface area contributed by atoms with E-state index >= 15 is 0 Å². The summed E-state index contributed by atoms with van der Waals surface area (Å²) in [5, 5.41) is 3.44. The van der Waals surface area contributed by atoms with E-state index in [1.54, 1.807) is 14.2 Å². The van der Waals surface area contributed by atoms with Crippen LogP contribution in [-0.2, 0) is 16.0 Å². The van der Waals surface area contributed by atoms with Crippen LogP contribution in [0.1, 0.15) is 18.4 Å². The number of nitrogens with zero attached hydrogens (tertiary/aromatic N) is 2. The summed E-state index contributed by atoms with van der Waals surface area (Å²) in [5.41, 5.74) is 1.02. The van der Waals surface area contributed by atoms with Crippen LogP contribution in [0.5, 0.6) is 11.5 Å². The van der Waals surface area contributed by atoms with Gasteiger partial charge in [-0.25, -0.2) is 0 Å². The molecule has 2 saturated heterocycles. The van der Waals surface area contributed by atoms with E-state index in [-0.39, 0.29) is 36.2 Å². The van der Waals surface area contributed by atoms with Crippen molar-refractivity contribution < 1.29 is 18.9 Å². The maximum absolute atomic E-state index is 5.93. The van der Waals surface area contributed by atoms with Crippen molar-refractivity contribution in [3.8, 4) is 11.5 Å². The summed E-state index contributed by atoms with van der Waals surface area (Å²) < 4.78 is 22.6. The van der Waals surface area contributed by atoms with E-state index in [2.05, 4.69) is 15.2 Å². The lowest BCUT2D eigenvalue weighted by atomic mass is 10.1. The second kappa shape index (κ2) is 10.9. The summed E-state index contributed by atoms with van der Waals surface area (Å²) in [6, 6.07) is 5.88. The van der Waals surface area contributed by atoms with Crippen LogP contribution in [0.2, 0.25) is 0 Å². The van der Waals surface area contributed by atoms with Crippen LogP contribution < -0.4 is 14.8 Å². The Balaban J connectivity index is 0.00000261. The third kappa shape index (κ3) is 5.39. The summed E-state index contributed by atoms with van der Waals surface area (Å²) in [6.45, 7) is 3.74. The molecule has 0 aromatic heterocycles. The van der Waals surface area contributed by atoms with Gasteiger partial charge in [0, 0.05) is 38.9 Å². The van der Waals surface area contributed by atoms with Gasteiger partial charge in [0.2, 0.25) is 0 Å². The van der Waals surface area contributed by atoms with Crippen LogP contribution in [0.4, 0.5) is 0 Å². The lowest BCUT2D eigenvalue weighted by Crippen LogP contribution is -2.53. The van der Waals surface area contributed by atoms with Crippen LogP contribution in [-0.4, -0.2) is 70.6 Å². The number of halogens is 1. The van der Waals surface area contributed by atoms with Crippen molar-refractivity contribution in [1.82, 2.24) is 10.2 Å². The standard InChI is InChI=1S/C19H29N3O4.HI/c1-20-19(21-12-14-6-4-7-16(23-2)18(14)24-3)22-9-11-26-17(13-22)15-8-5-10-25-15;/h4,6-7,15,17H,5,8-13H2,1-3H3,(H,20,21);1H. The van der Waals surface area contributed by atoms with E-state index in [1.807, 2.05) is 25.2 Å². The first kappa shape index (κ1) is 22.0. The molecule has 2 atom stereocenters. The SMILES string of the molecule is CN=C(NCc1cccc(OC)c1OC)N1CCOC(C2CCCO2)C1.I. The molecular formula is C19H30IN3O4. The van der Waals surface area contributed by atoms with Crippen molar-refractivity contribution >= 4 is 29.9 Å². The lowest BCUT2D eigenvalue weighted by Gasteiger charge is -2.37. The van der Waals surface area contributed by atoms with Crippen LogP contribution in [0.25, 0.3) is 0 Å².